The average Bonchev–Trinajstić information content (AvgIpc) is 3.01. The molecule has 0 radical (unpaired) electrons. The summed E-state index contributed by atoms with van der Waals surface area (Å²) in [4.78, 5) is 4.31. The number of furan rings is 1. The zero-order valence-corrected chi connectivity index (χ0v) is 10.5. The summed E-state index contributed by atoms with van der Waals surface area (Å²) >= 11 is 0. The minimum Gasteiger partial charge on any atom is -0.508 e. The lowest BCUT2D eigenvalue weighted by molar-refractivity contribution is 0.431. The summed E-state index contributed by atoms with van der Waals surface area (Å²) in [5, 5.41) is 13.6. The average molecular weight is 256 g/mol. The highest BCUT2D eigenvalue weighted by atomic mass is 16.5. The molecule has 1 N–H and O–H groups in total. The van der Waals surface area contributed by atoms with Gasteiger partial charge in [-0.2, -0.15) is 4.98 Å². The number of nitrogens with zero attached hydrogens (tertiary/aromatic N) is 2. The molecule has 5 heteroatoms. The zero-order valence-electron chi connectivity index (χ0n) is 10.5. The van der Waals surface area contributed by atoms with Crippen LogP contribution in [0.1, 0.15) is 11.3 Å². The maximum Gasteiger partial charge on any atom is 0.258 e. The molecule has 19 heavy (non-hydrogen) atoms. The molecule has 0 fully saturated rings. The second kappa shape index (κ2) is 4.28. The van der Waals surface area contributed by atoms with E-state index in [1.165, 1.54) is 0 Å². The molecule has 2 heterocycles. The van der Waals surface area contributed by atoms with Crippen LogP contribution in [0.15, 0.2) is 39.5 Å². The summed E-state index contributed by atoms with van der Waals surface area (Å²) in [6.07, 6.45) is 1.58. The third-order valence-corrected chi connectivity index (χ3v) is 2.98. The van der Waals surface area contributed by atoms with Gasteiger partial charge in [-0.1, -0.05) is 11.2 Å². The van der Waals surface area contributed by atoms with Crippen molar-refractivity contribution in [2.24, 2.45) is 0 Å². The van der Waals surface area contributed by atoms with Crippen LogP contribution < -0.4 is 0 Å². The van der Waals surface area contributed by atoms with Crippen LogP contribution in [-0.2, 0) is 0 Å². The van der Waals surface area contributed by atoms with E-state index in [2.05, 4.69) is 10.1 Å². The molecule has 3 aromatic rings. The predicted octanol–water partition coefficient (Wildman–Crippen LogP) is 3.32. The minimum atomic E-state index is 0.205. The lowest BCUT2D eigenvalue weighted by Crippen LogP contribution is -1.82. The fourth-order valence-corrected chi connectivity index (χ4v) is 1.81. The molecule has 0 atom stereocenters. The Kier molecular flexibility index (Phi) is 2.59. The smallest absolute Gasteiger partial charge is 0.258 e. The molecule has 0 aliphatic rings. The first-order chi connectivity index (χ1) is 9.15. The van der Waals surface area contributed by atoms with Gasteiger partial charge in [-0.25, -0.2) is 0 Å². The van der Waals surface area contributed by atoms with Crippen LogP contribution in [-0.4, -0.2) is 15.2 Å². The van der Waals surface area contributed by atoms with Crippen molar-refractivity contribution in [3.8, 4) is 28.6 Å². The van der Waals surface area contributed by atoms with Gasteiger partial charge in [0.2, 0.25) is 5.82 Å². The number of benzene rings is 1. The molecule has 3 rings (SSSR count). The van der Waals surface area contributed by atoms with Crippen LogP contribution in [0.5, 0.6) is 5.75 Å². The Morgan fingerprint density at radius 2 is 2.00 bits per heavy atom. The fourth-order valence-electron chi connectivity index (χ4n) is 1.81. The predicted molar refractivity (Wildman–Crippen MR) is 68.6 cm³/mol. The lowest BCUT2D eigenvalue weighted by atomic mass is 10.1. The summed E-state index contributed by atoms with van der Waals surface area (Å²) in [7, 11) is 0. The number of phenols is 1. The van der Waals surface area contributed by atoms with Crippen molar-refractivity contribution in [3.63, 3.8) is 0 Å². The Labute approximate surface area is 109 Å². The van der Waals surface area contributed by atoms with E-state index in [4.69, 9.17) is 8.94 Å². The molecule has 0 bridgehead atoms. The number of aromatic nitrogens is 2. The van der Waals surface area contributed by atoms with E-state index in [0.29, 0.717) is 17.3 Å². The summed E-state index contributed by atoms with van der Waals surface area (Å²) in [6, 6.07) is 7.03. The van der Waals surface area contributed by atoms with Gasteiger partial charge in [-0.3, -0.25) is 0 Å². The summed E-state index contributed by atoms with van der Waals surface area (Å²) < 4.78 is 10.4. The van der Waals surface area contributed by atoms with Crippen LogP contribution in [0, 0.1) is 13.8 Å². The highest BCUT2D eigenvalue weighted by Gasteiger charge is 2.14. The van der Waals surface area contributed by atoms with Crippen LogP contribution in [0.25, 0.3) is 22.8 Å². The topological polar surface area (TPSA) is 72.3 Å². The summed E-state index contributed by atoms with van der Waals surface area (Å²) in [5.74, 6) is 1.78. The van der Waals surface area contributed by atoms with Gasteiger partial charge in [0.15, 0.2) is 0 Å². The number of hydrogen-bond donors (Lipinski definition) is 1. The number of hydrogen-bond acceptors (Lipinski definition) is 5. The molecule has 0 spiro atoms. The third kappa shape index (κ3) is 1.99. The normalized spacial score (nSPS) is 10.8. The van der Waals surface area contributed by atoms with Crippen LogP contribution in [0.4, 0.5) is 0 Å². The molecule has 0 aliphatic carbocycles. The van der Waals surface area contributed by atoms with Crippen molar-refractivity contribution < 1.29 is 14.0 Å². The number of aromatic hydroxyl groups is 1. The van der Waals surface area contributed by atoms with Crippen molar-refractivity contribution in [3.05, 3.63) is 41.9 Å². The van der Waals surface area contributed by atoms with Crippen LogP contribution in [0.3, 0.4) is 0 Å². The van der Waals surface area contributed by atoms with Gasteiger partial charge < -0.3 is 14.0 Å². The van der Waals surface area contributed by atoms with Crippen molar-refractivity contribution >= 4 is 0 Å². The van der Waals surface area contributed by atoms with Gasteiger partial charge in [0.25, 0.3) is 5.89 Å². The zero-order chi connectivity index (χ0) is 13.4. The third-order valence-electron chi connectivity index (χ3n) is 2.98. The van der Waals surface area contributed by atoms with Gasteiger partial charge in [0, 0.05) is 5.56 Å². The van der Waals surface area contributed by atoms with Gasteiger partial charge in [0.1, 0.15) is 11.5 Å². The van der Waals surface area contributed by atoms with E-state index in [9.17, 15) is 5.11 Å². The molecule has 0 saturated heterocycles. The van der Waals surface area contributed by atoms with Gasteiger partial charge in [-0.15, -0.1) is 0 Å². The van der Waals surface area contributed by atoms with Gasteiger partial charge in [0.05, 0.1) is 11.8 Å². The van der Waals surface area contributed by atoms with E-state index in [-0.39, 0.29) is 5.75 Å². The van der Waals surface area contributed by atoms with Crippen LogP contribution in [0.2, 0.25) is 0 Å². The van der Waals surface area contributed by atoms with E-state index >= 15 is 0 Å². The molecule has 0 saturated carbocycles. The second-order valence-corrected chi connectivity index (χ2v) is 4.31. The molecule has 96 valence electrons. The highest BCUT2D eigenvalue weighted by molar-refractivity contribution is 5.62. The summed E-state index contributed by atoms with van der Waals surface area (Å²) in [5.41, 5.74) is 2.28. The minimum absolute atomic E-state index is 0.205. The van der Waals surface area contributed by atoms with E-state index in [1.54, 1.807) is 24.5 Å². The van der Waals surface area contributed by atoms with Gasteiger partial charge in [-0.05, 0) is 37.6 Å². The van der Waals surface area contributed by atoms with Crippen molar-refractivity contribution in [2.75, 3.05) is 0 Å². The number of aryl methyl sites for hydroxylation is 2. The van der Waals surface area contributed by atoms with Crippen molar-refractivity contribution in [2.45, 2.75) is 13.8 Å². The van der Waals surface area contributed by atoms with Crippen molar-refractivity contribution in [1.29, 1.82) is 0 Å². The first-order valence-electron chi connectivity index (χ1n) is 5.83. The molecule has 1 aromatic carbocycles. The number of rotatable bonds is 2. The Morgan fingerprint density at radius 3 is 2.68 bits per heavy atom. The van der Waals surface area contributed by atoms with Crippen molar-refractivity contribution in [1.82, 2.24) is 10.1 Å². The molecule has 0 unspecified atom stereocenters. The number of phenolic OH excluding ortho intramolecular Hbond substituents is 1. The molecular formula is C14H12N2O3. The molecule has 2 aromatic heterocycles. The Bertz CT molecular complexity index is 728. The lowest BCUT2D eigenvalue weighted by Gasteiger charge is -1.99. The second-order valence-electron chi connectivity index (χ2n) is 4.31. The Balaban J connectivity index is 2.01. The molecule has 0 amide bonds. The first-order valence-corrected chi connectivity index (χ1v) is 5.83. The SMILES string of the molecule is Cc1ccc(-c2nc(-c3ccoc3C)no2)cc1O. The molecule has 0 aliphatic heterocycles. The molecule has 5 nitrogen and oxygen atoms in total. The fraction of sp³-hybridized carbons (Fsp3) is 0.143. The van der Waals surface area contributed by atoms with E-state index in [0.717, 1.165) is 16.9 Å². The highest BCUT2D eigenvalue weighted by Crippen LogP contribution is 2.28. The maximum absolute atomic E-state index is 9.69. The Hall–Kier alpha value is -2.56. The van der Waals surface area contributed by atoms with E-state index in [1.807, 2.05) is 19.9 Å². The van der Waals surface area contributed by atoms with Gasteiger partial charge >= 0.3 is 0 Å². The molecular weight excluding hydrogens is 244 g/mol. The van der Waals surface area contributed by atoms with E-state index < -0.39 is 0 Å². The maximum atomic E-state index is 9.69. The first kappa shape index (κ1) is 11.5. The quantitative estimate of drug-likeness (QED) is 0.761. The standard InChI is InChI=1S/C14H12N2O3/c1-8-3-4-10(7-12(8)17)14-15-13(16-19-14)11-5-6-18-9(11)2/h3-7,17H,1-2H3. The summed E-state index contributed by atoms with van der Waals surface area (Å²) in [6.45, 7) is 3.66. The van der Waals surface area contributed by atoms with Crippen LogP contribution >= 0.6 is 0 Å². The monoisotopic (exact) mass is 256 g/mol. The largest absolute Gasteiger partial charge is 0.508 e. The Morgan fingerprint density at radius 1 is 1.16 bits per heavy atom.